The Morgan fingerprint density at radius 3 is 2.65 bits per heavy atom. The number of hydrogen-bond acceptors (Lipinski definition) is 3. The van der Waals surface area contributed by atoms with Crippen molar-refractivity contribution in [3.63, 3.8) is 0 Å². The minimum Gasteiger partial charge on any atom is -0.444 e. The summed E-state index contributed by atoms with van der Waals surface area (Å²) in [6, 6.07) is 0. The summed E-state index contributed by atoms with van der Waals surface area (Å²) < 4.78 is 11.1. The number of carbonyl (C=O) groups excluding carboxylic acids is 1. The highest BCUT2D eigenvalue weighted by Gasteiger charge is 2.43. The molecule has 1 amide bonds. The molecule has 1 atom stereocenters. The lowest BCUT2D eigenvalue weighted by molar-refractivity contribution is -0.0769. The van der Waals surface area contributed by atoms with E-state index >= 15 is 0 Å². The van der Waals surface area contributed by atoms with Gasteiger partial charge >= 0.3 is 6.09 Å². The number of hydrogen-bond donors (Lipinski definition) is 0. The molecule has 0 spiro atoms. The van der Waals surface area contributed by atoms with Gasteiger partial charge in [0, 0.05) is 6.42 Å². The second-order valence-electron chi connectivity index (χ2n) is 5.69. The van der Waals surface area contributed by atoms with Gasteiger partial charge < -0.3 is 9.47 Å². The molecule has 0 aliphatic carbocycles. The van der Waals surface area contributed by atoms with E-state index in [1.165, 1.54) is 0 Å². The van der Waals surface area contributed by atoms with Crippen LogP contribution in [0, 0.1) is 12.3 Å². The summed E-state index contributed by atoms with van der Waals surface area (Å²) in [7, 11) is 0. The summed E-state index contributed by atoms with van der Waals surface area (Å²) in [4.78, 5) is 13.6. The van der Waals surface area contributed by atoms with Crippen molar-refractivity contribution < 1.29 is 14.3 Å². The zero-order chi connectivity index (χ0) is 13.3. The van der Waals surface area contributed by atoms with Gasteiger partial charge in [-0.15, -0.1) is 12.3 Å². The lowest BCUT2D eigenvalue weighted by Gasteiger charge is -2.31. The number of rotatable bonds is 1. The number of terminal acetylenes is 1. The molecule has 0 aromatic rings. The maximum Gasteiger partial charge on any atom is 0.412 e. The van der Waals surface area contributed by atoms with E-state index in [-0.39, 0.29) is 12.2 Å². The van der Waals surface area contributed by atoms with Crippen molar-refractivity contribution in [2.45, 2.75) is 58.5 Å². The lowest BCUT2D eigenvalue weighted by Crippen LogP contribution is -2.46. The van der Waals surface area contributed by atoms with E-state index in [1.807, 2.05) is 34.6 Å². The summed E-state index contributed by atoms with van der Waals surface area (Å²) in [6.07, 6.45) is 5.29. The smallest absolute Gasteiger partial charge is 0.412 e. The Morgan fingerprint density at radius 2 is 2.18 bits per heavy atom. The fraction of sp³-hybridized carbons (Fsp3) is 0.769. The highest BCUT2D eigenvalue weighted by atomic mass is 16.6. The molecule has 1 aliphatic heterocycles. The van der Waals surface area contributed by atoms with E-state index in [0.717, 1.165) is 0 Å². The van der Waals surface area contributed by atoms with Crippen molar-refractivity contribution in [1.29, 1.82) is 0 Å². The average Bonchev–Trinajstić information content (AvgIpc) is 2.38. The summed E-state index contributed by atoms with van der Waals surface area (Å²) in [5.74, 6) is 2.55. The standard InChI is InChI=1S/C13H21NO3/c1-7-8-10-9-14(13(5,6)16-10)11(15)17-12(2,3)4/h1,10H,8-9H2,2-6H3. The van der Waals surface area contributed by atoms with Crippen LogP contribution in [0.5, 0.6) is 0 Å². The SMILES string of the molecule is C#CCC1CN(C(=O)OC(C)(C)C)C(C)(C)O1. The zero-order valence-corrected chi connectivity index (χ0v) is 11.2. The minimum absolute atomic E-state index is 0.109. The number of carbonyl (C=O) groups is 1. The fourth-order valence-electron chi connectivity index (χ4n) is 1.78. The molecule has 1 heterocycles. The first kappa shape index (κ1) is 13.9. The summed E-state index contributed by atoms with van der Waals surface area (Å²) in [5.41, 5.74) is -1.17. The van der Waals surface area contributed by atoms with E-state index in [4.69, 9.17) is 15.9 Å². The first-order valence-corrected chi connectivity index (χ1v) is 5.77. The molecule has 1 fully saturated rings. The molecule has 4 heteroatoms. The number of ether oxygens (including phenoxy) is 2. The van der Waals surface area contributed by atoms with Gasteiger partial charge in [-0.3, -0.25) is 4.90 Å². The maximum atomic E-state index is 12.0. The van der Waals surface area contributed by atoms with E-state index < -0.39 is 11.3 Å². The van der Waals surface area contributed by atoms with E-state index in [2.05, 4.69) is 5.92 Å². The van der Waals surface area contributed by atoms with Crippen molar-refractivity contribution in [3.05, 3.63) is 0 Å². The molecular formula is C13H21NO3. The van der Waals surface area contributed by atoms with Gasteiger partial charge in [0.15, 0.2) is 0 Å². The topological polar surface area (TPSA) is 38.8 Å². The molecule has 0 aromatic carbocycles. The third kappa shape index (κ3) is 3.64. The Hall–Kier alpha value is -1.21. The molecule has 1 rings (SSSR count). The van der Waals surface area contributed by atoms with Crippen LogP contribution in [0.15, 0.2) is 0 Å². The van der Waals surface area contributed by atoms with Gasteiger partial charge in [-0.05, 0) is 34.6 Å². The Bertz CT molecular complexity index is 336. The number of nitrogens with zero attached hydrogens (tertiary/aromatic N) is 1. The Kier molecular flexibility index (Phi) is 3.73. The van der Waals surface area contributed by atoms with Crippen LogP contribution < -0.4 is 0 Å². The van der Waals surface area contributed by atoms with Crippen LogP contribution in [0.2, 0.25) is 0 Å². The molecule has 17 heavy (non-hydrogen) atoms. The van der Waals surface area contributed by atoms with E-state index in [0.29, 0.717) is 13.0 Å². The highest BCUT2D eigenvalue weighted by molar-refractivity contribution is 5.69. The van der Waals surface area contributed by atoms with Gasteiger partial charge in [-0.2, -0.15) is 0 Å². The fourth-order valence-corrected chi connectivity index (χ4v) is 1.78. The third-order valence-electron chi connectivity index (χ3n) is 2.45. The molecule has 96 valence electrons. The zero-order valence-electron chi connectivity index (χ0n) is 11.2. The van der Waals surface area contributed by atoms with Crippen LogP contribution in [0.25, 0.3) is 0 Å². The molecule has 1 saturated heterocycles. The predicted octanol–water partition coefficient (Wildman–Crippen LogP) is 2.38. The molecule has 1 aliphatic rings. The van der Waals surface area contributed by atoms with Crippen molar-refractivity contribution in [2.24, 2.45) is 0 Å². The van der Waals surface area contributed by atoms with Crippen LogP contribution in [0.1, 0.15) is 41.0 Å². The van der Waals surface area contributed by atoms with Crippen molar-refractivity contribution in [3.8, 4) is 12.3 Å². The molecule has 0 N–H and O–H groups in total. The molecule has 1 unspecified atom stereocenters. The quantitative estimate of drug-likeness (QED) is 0.659. The predicted molar refractivity (Wildman–Crippen MR) is 65.3 cm³/mol. The van der Waals surface area contributed by atoms with Crippen LogP contribution in [0.3, 0.4) is 0 Å². The third-order valence-corrected chi connectivity index (χ3v) is 2.45. The second kappa shape index (κ2) is 4.58. The first-order valence-electron chi connectivity index (χ1n) is 5.77. The molecule has 0 bridgehead atoms. The summed E-state index contributed by atoms with van der Waals surface area (Å²) in [5, 5.41) is 0. The first-order chi connectivity index (χ1) is 7.65. The van der Waals surface area contributed by atoms with Crippen LogP contribution in [0.4, 0.5) is 4.79 Å². The lowest BCUT2D eigenvalue weighted by atomic mass is 10.2. The average molecular weight is 239 g/mol. The maximum absolute atomic E-state index is 12.0. The van der Waals surface area contributed by atoms with Crippen molar-refractivity contribution in [2.75, 3.05) is 6.54 Å². The molecule has 0 radical (unpaired) electrons. The van der Waals surface area contributed by atoms with Crippen molar-refractivity contribution in [1.82, 2.24) is 4.90 Å². The Balaban J connectivity index is 2.71. The van der Waals surface area contributed by atoms with Crippen LogP contribution in [-0.4, -0.2) is 35.0 Å². The second-order valence-corrected chi connectivity index (χ2v) is 5.69. The normalized spacial score (nSPS) is 23.3. The van der Waals surface area contributed by atoms with Gasteiger partial charge in [-0.1, -0.05) is 0 Å². The van der Waals surface area contributed by atoms with Crippen LogP contribution >= 0.6 is 0 Å². The largest absolute Gasteiger partial charge is 0.444 e. The van der Waals surface area contributed by atoms with Gasteiger partial charge in [-0.25, -0.2) is 4.79 Å². The molecule has 4 nitrogen and oxygen atoms in total. The van der Waals surface area contributed by atoms with Gasteiger partial charge in [0.05, 0.1) is 12.6 Å². The monoisotopic (exact) mass is 239 g/mol. The van der Waals surface area contributed by atoms with E-state index in [9.17, 15) is 4.79 Å². The van der Waals surface area contributed by atoms with Gasteiger partial charge in [0.2, 0.25) is 0 Å². The highest BCUT2D eigenvalue weighted by Crippen LogP contribution is 2.29. The number of amides is 1. The van der Waals surface area contributed by atoms with Crippen molar-refractivity contribution >= 4 is 6.09 Å². The van der Waals surface area contributed by atoms with Gasteiger partial charge in [0.1, 0.15) is 11.3 Å². The molecule has 0 saturated carbocycles. The van der Waals surface area contributed by atoms with Gasteiger partial charge in [0.25, 0.3) is 0 Å². The minimum atomic E-state index is -0.663. The van der Waals surface area contributed by atoms with E-state index in [1.54, 1.807) is 4.90 Å². The summed E-state index contributed by atoms with van der Waals surface area (Å²) in [6.45, 7) is 9.68. The molecular weight excluding hydrogens is 218 g/mol. The Labute approximate surface area is 103 Å². The Morgan fingerprint density at radius 1 is 1.59 bits per heavy atom. The summed E-state index contributed by atoms with van der Waals surface area (Å²) >= 11 is 0. The molecule has 0 aromatic heterocycles. The van der Waals surface area contributed by atoms with Crippen LogP contribution in [-0.2, 0) is 9.47 Å².